The number of carbonyl (C=O) groups is 1. The zero-order chi connectivity index (χ0) is 17.0. The van der Waals surface area contributed by atoms with Crippen molar-refractivity contribution in [3.8, 4) is 6.07 Å². The van der Waals surface area contributed by atoms with Crippen molar-refractivity contribution in [1.82, 2.24) is 5.43 Å². The van der Waals surface area contributed by atoms with E-state index in [9.17, 15) is 4.79 Å². The number of hydrazone groups is 1. The molecule has 0 atom stereocenters. The van der Waals surface area contributed by atoms with E-state index in [0.29, 0.717) is 0 Å². The van der Waals surface area contributed by atoms with Gasteiger partial charge in [0.25, 0.3) is 5.91 Å². The Labute approximate surface area is 137 Å². The third-order valence-electron chi connectivity index (χ3n) is 3.96. The van der Waals surface area contributed by atoms with Crippen molar-refractivity contribution in [1.29, 1.82) is 5.26 Å². The summed E-state index contributed by atoms with van der Waals surface area (Å²) in [5.74, 6) is -0.406. The molecule has 1 amide bonds. The largest absolute Gasteiger partial charge is 0.363 e. The van der Waals surface area contributed by atoms with Crippen molar-refractivity contribution < 1.29 is 4.79 Å². The Morgan fingerprint density at radius 2 is 2.22 bits per heavy atom. The fourth-order valence-corrected chi connectivity index (χ4v) is 3.05. The number of likely N-dealkylation sites (N-methyl/N-ethyl adjacent to an activating group) is 1. The lowest BCUT2D eigenvalue weighted by Crippen LogP contribution is -2.44. The van der Waals surface area contributed by atoms with E-state index in [1.165, 1.54) is 16.8 Å². The first-order valence-corrected chi connectivity index (χ1v) is 7.69. The van der Waals surface area contributed by atoms with Crippen LogP contribution in [0.4, 0.5) is 5.69 Å². The topological polar surface area (TPSA) is 68.5 Å². The molecule has 1 aliphatic heterocycles. The molecule has 120 valence electrons. The minimum atomic E-state index is -0.406. The number of allylic oxidation sites excluding steroid dienone is 1. The van der Waals surface area contributed by atoms with Gasteiger partial charge in [0.1, 0.15) is 6.42 Å². The average Bonchev–Trinajstić information content (AvgIpc) is 2.47. The van der Waals surface area contributed by atoms with Gasteiger partial charge < -0.3 is 4.90 Å². The van der Waals surface area contributed by atoms with E-state index in [-0.39, 0.29) is 12.0 Å². The molecule has 1 aromatic rings. The second kappa shape index (κ2) is 6.66. The predicted octanol–water partition coefficient (Wildman–Crippen LogP) is 3.07. The molecule has 23 heavy (non-hydrogen) atoms. The highest BCUT2D eigenvalue weighted by atomic mass is 16.2. The molecular formula is C18H22N4O. The van der Waals surface area contributed by atoms with E-state index < -0.39 is 5.91 Å². The quantitative estimate of drug-likeness (QED) is 0.686. The normalized spacial score (nSPS) is 15.8. The standard InChI is InChI=1S/C18H22N4O/c1-5-22-16-7-6-14(12-20-21-17(23)8-9-19)10-15(16)13(2)11-18(22,3)4/h6-7,10-12H,5,8H2,1-4H3,(H,21,23)/b20-12-. The first kappa shape index (κ1) is 16.8. The maximum Gasteiger partial charge on any atom is 0.254 e. The molecule has 0 radical (unpaired) electrons. The lowest BCUT2D eigenvalue weighted by molar-refractivity contribution is -0.120. The van der Waals surface area contributed by atoms with E-state index in [4.69, 9.17) is 5.26 Å². The van der Waals surface area contributed by atoms with Crippen LogP contribution >= 0.6 is 0 Å². The highest BCUT2D eigenvalue weighted by molar-refractivity contribution is 5.88. The first-order chi connectivity index (χ1) is 10.9. The summed E-state index contributed by atoms with van der Waals surface area (Å²) in [5, 5.41) is 12.3. The average molecular weight is 310 g/mol. The van der Waals surface area contributed by atoms with Gasteiger partial charge in [0.05, 0.1) is 17.8 Å². The summed E-state index contributed by atoms with van der Waals surface area (Å²) in [4.78, 5) is 13.6. The van der Waals surface area contributed by atoms with E-state index >= 15 is 0 Å². The molecule has 0 saturated heterocycles. The molecule has 0 fully saturated rings. The number of rotatable bonds is 4. The van der Waals surface area contributed by atoms with E-state index in [0.717, 1.165) is 12.1 Å². The van der Waals surface area contributed by atoms with Crippen LogP contribution in [0.15, 0.2) is 29.4 Å². The van der Waals surface area contributed by atoms with E-state index in [1.807, 2.05) is 6.07 Å². The molecule has 0 unspecified atom stereocenters. The number of anilines is 1. The van der Waals surface area contributed by atoms with Crippen molar-refractivity contribution in [2.75, 3.05) is 11.4 Å². The van der Waals surface area contributed by atoms with Crippen molar-refractivity contribution in [2.24, 2.45) is 5.10 Å². The van der Waals surface area contributed by atoms with Crippen molar-refractivity contribution >= 4 is 23.4 Å². The second-order valence-electron chi connectivity index (χ2n) is 6.13. The highest BCUT2D eigenvalue weighted by Gasteiger charge is 2.29. The smallest absolute Gasteiger partial charge is 0.254 e. The van der Waals surface area contributed by atoms with Crippen LogP contribution in [0.5, 0.6) is 0 Å². The molecule has 0 aliphatic carbocycles. The van der Waals surface area contributed by atoms with Gasteiger partial charge in [-0.05, 0) is 51.0 Å². The minimum Gasteiger partial charge on any atom is -0.363 e. The minimum absolute atomic E-state index is 0.00723. The van der Waals surface area contributed by atoms with Crippen LogP contribution in [-0.4, -0.2) is 24.2 Å². The number of nitrogens with one attached hydrogen (secondary N) is 1. The monoisotopic (exact) mass is 310 g/mol. The number of nitriles is 1. The molecule has 2 rings (SSSR count). The van der Waals surface area contributed by atoms with Gasteiger partial charge in [-0.25, -0.2) is 5.43 Å². The maximum absolute atomic E-state index is 11.2. The van der Waals surface area contributed by atoms with Crippen LogP contribution in [0, 0.1) is 11.3 Å². The summed E-state index contributed by atoms with van der Waals surface area (Å²) < 4.78 is 0. The Bertz CT molecular complexity index is 710. The molecule has 1 heterocycles. The number of hydrogen-bond acceptors (Lipinski definition) is 4. The molecule has 5 nitrogen and oxygen atoms in total. The molecule has 1 N–H and O–H groups in total. The van der Waals surface area contributed by atoms with Crippen molar-refractivity contribution in [3.63, 3.8) is 0 Å². The molecule has 1 aromatic carbocycles. The second-order valence-corrected chi connectivity index (χ2v) is 6.13. The lowest BCUT2D eigenvalue weighted by atomic mass is 9.88. The molecule has 5 heteroatoms. The fraction of sp³-hybridized carbons (Fsp3) is 0.389. The molecule has 1 aliphatic rings. The molecule has 0 spiro atoms. The fourth-order valence-electron chi connectivity index (χ4n) is 3.05. The van der Waals surface area contributed by atoms with Gasteiger partial charge in [-0.2, -0.15) is 10.4 Å². The van der Waals surface area contributed by atoms with Gasteiger partial charge in [0.15, 0.2) is 0 Å². The molecular weight excluding hydrogens is 288 g/mol. The lowest BCUT2D eigenvalue weighted by Gasteiger charge is -2.42. The van der Waals surface area contributed by atoms with Gasteiger partial charge in [0, 0.05) is 17.8 Å². The summed E-state index contributed by atoms with van der Waals surface area (Å²) in [5.41, 5.74) is 6.86. The van der Waals surface area contributed by atoms with E-state index in [2.05, 4.69) is 61.3 Å². The number of hydrogen-bond donors (Lipinski definition) is 1. The summed E-state index contributed by atoms with van der Waals surface area (Å²) in [7, 11) is 0. The summed E-state index contributed by atoms with van der Waals surface area (Å²) in [6, 6.07) is 7.93. The van der Waals surface area contributed by atoms with Crippen molar-refractivity contribution in [3.05, 3.63) is 35.4 Å². The number of carbonyl (C=O) groups excluding carboxylic acids is 1. The summed E-state index contributed by atoms with van der Waals surface area (Å²) >= 11 is 0. The Balaban J connectivity index is 2.26. The zero-order valence-electron chi connectivity index (χ0n) is 14.1. The van der Waals surface area contributed by atoms with Gasteiger partial charge in [-0.3, -0.25) is 4.79 Å². The highest BCUT2D eigenvalue weighted by Crippen LogP contribution is 2.38. The predicted molar refractivity (Wildman–Crippen MR) is 93.2 cm³/mol. The van der Waals surface area contributed by atoms with Crippen LogP contribution in [-0.2, 0) is 4.79 Å². The first-order valence-electron chi connectivity index (χ1n) is 7.69. The van der Waals surface area contributed by atoms with Crippen LogP contribution in [0.25, 0.3) is 5.57 Å². The Kier molecular flexibility index (Phi) is 4.85. The number of fused-ring (bicyclic) bond motifs is 1. The Hall–Kier alpha value is -2.61. The van der Waals surface area contributed by atoms with E-state index in [1.54, 1.807) is 12.3 Å². The van der Waals surface area contributed by atoms with Crippen LogP contribution in [0.1, 0.15) is 45.2 Å². The van der Waals surface area contributed by atoms with Crippen molar-refractivity contribution in [2.45, 2.75) is 39.7 Å². The molecule has 0 bridgehead atoms. The Morgan fingerprint density at radius 3 is 2.87 bits per heavy atom. The summed E-state index contributed by atoms with van der Waals surface area (Å²) in [6.07, 6.45) is 3.68. The van der Waals surface area contributed by atoms with Crippen LogP contribution in [0.2, 0.25) is 0 Å². The van der Waals surface area contributed by atoms with Crippen LogP contribution in [0.3, 0.4) is 0 Å². The summed E-state index contributed by atoms with van der Waals surface area (Å²) in [6.45, 7) is 9.62. The SMILES string of the molecule is CCN1c2ccc(/C=N\NC(=O)CC#N)cc2C(C)=CC1(C)C. The van der Waals surface area contributed by atoms with Gasteiger partial charge in [-0.15, -0.1) is 0 Å². The zero-order valence-corrected chi connectivity index (χ0v) is 14.1. The molecule has 0 aromatic heterocycles. The van der Waals surface area contributed by atoms with Gasteiger partial charge in [-0.1, -0.05) is 12.1 Å². The third kappa shape index (κ3) is 3.59. The molecule has 0 saturated carbocycles. The number of amides is 1. The number of benzene rings is 1. The third-order valence-corrected chi connectivity index (χ3v) is 3.96. The van der Waals surface area contributed by atoms with Crippen LogP contribution < -0.4 is 10.3 Å². The number of nitrogens with zero attached hydrogens (tertiary/aromatic N) is 3. The Morgan fingerprint density at radius 1 is 1.48 bits per heavy atom. The van der Waals surface area contributed by atoms with Gasteiger partial charge in [0.2, 0.25) is 0 Å². The maximum atomic E-state index is 11.2. The van der Waals surface area contributed by atoms with Gasteiger partial charge >= 0.3 is 0 Å².